The molecule has 0 aliphatic heterocycles. The molecule has 6 heteroatoms. The molecule has 0 N–H and O–H groups in total. The number of unbranched alkanes of at least 4 members (excludes halogenated alkanes) is 1. The fourth-order valence-electron chi connectivity index (χ4n) is 2.05. The number of aromatic nitrogens is 2. The lowest BCUT2D eigenvalue weighted by atomic mass is 10.2. The second kappa shape index (κ2) is 9.64. The van der Waals surface area contributed by atoms with Gasteiger partial charge in [-0.2, -0.15) is 5.10 Å². The van der Waals surface area contributed by atoms with Crippen molar-refractivity contribution in [1.29, 1.82) is 0 Å². The van der Waals surface area contributed by atoms with Crippen molar-refractivity contribution in [1.82, 2.24) is 14.7 Å². The number of hydrogen-bond acceptors (Lipinski definition) is 3. The van der Waals surface area contributed by atoms with Gasteiger partial charge in [0.1, 0.15) is 5.15 Å². The maximum atomic E-state index is 12.0. The molecule has 0 spiro atoms. The average molecular weight is 328 g/mol. The average Bonchev–Trinajstić information content (AvgIpc) is 2.77. The minimum Gasteiger partial charge on any atom is -0.385 e. The number of amides is 1. The molecule has 0 aromatic carbocycles. The molecule has 0 aliphatic rings. The predicted molar refractivity (Wildman–Crippen MR) is 90.0 cm³/mol. The van der Waals surface area contributed by atoms with Crippen molar-refractivity contribution in [3.63, 3.8) is 0 Å². The monoisotopic (exact) mass is 327 g/mol. The van der Waals surface area contributed by atoms with Crippen LogP contribution in [0.4, 0.5) is 0 Å². The molecule has 1 aromatic heterocycles. The Morgan fingerprint density at radius 1 is 1.45 bits per heavy atom. The standard InChI is InChI=1S/C16H26ClN3O2/c1-5-6-11-20-16(17)14(13(2)18-20)8-9-15(21)19(3)10-7-12-22-4/h8-9H,5-7,10-12H2,1-4H3/b9-8+. The van der Waals surface area contributed by atoms with Crippen LogP contribution in [0.5, 0.6) is 0 Å². The summed E-state index contributed by atoms with van der Waals surface area (Å²) in [5.74, 6) is -0.0483. The third-order valence-electron chi connectivity index (χ3n) is 3.44. The lowest BCUT2D eigenvalue weighted by molar-refractivity contribution is -0.124. The number of methoxy groups -OCH3 is 1. The summed E-state index contributed by atoms with van der Waals surface area (Å²) < 4.78 is 6.78. The molecule has 0 unspecified atom stereocenters. The van der Waals surface area contributed by atoms with Crippen LogP contribution in [0.25, 0.3) is 6.08 Å². The fourth-order valence-corrected chi connectivity index (χ4v) is 2.37. The number of ether oxygens (including phenoxy) is 1. The number of carbonyl (C=O) groups is 1. The molecule has 5 nitrogen and oxygen atoms in total. The van der Waals surface area contributed by atoms with Gasteiger partial charge in [-0.15, -0.1) is 0 Å². The molecule has 1 rings (SSSR count). The largest absolute Gasteiger partial charge is 0.385 e. The van der Waals surface area contributed by atoms with E-state index in [0.29, 0.717) is 18.3 Å². The smallest absolute Gasteiger partial charge is 0.246 e. The molecule has 0 fully saturated rings. The first-order chi connectivity index (χ1) is 10.5. The molecule has 0 aliphatic carbocycles. The van der Waals surface area contributed by atoms with Gasteiger partial charge < -0.3 is 9.64 Å². The summed E-state index contributed by atoms with van der Waals surface area (Å²) in [5, 5.41) is 5.02. The first-order valence-corrected chi connectivity index (χ1v) is 8.04. The van der Waals surface area contributed by atoms with E-state index in [1.807, 2.05) is 6.92 Å². The maximum absolute atomic E-state index is 12.0. The van der Waals surface area contributed by atoms with E-state index in [9.17, 15) is 4.79 Å². The Bertz CT molecular complexity index is 512. The Hall–Kier alpha value is -1.33. The van der Waals surface area contributed by atoms with E-state index in [2.05, 4.69) is 12.0 Å². The molecule has 22 heavy (non-hydrogen) atoms. The minimum atomic E-state index is -0.0483. The molecule has 0 radical (unpaired) electrons. The number of aryl methyl sites for hydroxylation is 2. The number of nitrogens with zero attached hydrogens (tertiary/aromatic N) is 3. The third kappa shape index (κ3) is 5.46. The molecular formula is C16H26ClN3O2. The van der Waals surface area contributed by atoms with Gasteiger partial charge in [-0.3, -0.25) is 9.48 Å². The minimum absolute atomic E-state index is 0.0483. The van der Waals surface area contributed by atoms with Crippen LogP contribution in [0.1, 0.15) is 37.4 Å². The van der Waals surface area contributed by atoms with Crippen molar-refractivity contribution in [3.05, 3.63) is 22.5 Å². The molecule has 1 aromatic rings. The molecule has 0 saturated heterocycles. The van der Waals surface area contributed by atoms with E-state index < -0.39 is 0 Å². The second-order valence-corrected chi connectivity index (χ2v) is 5.66. The molecule has 124 valence electrons. The van der Waals surface area contributed by atoms with Gasteiger partial charge in [0.15, 0.2) is 0 Å². The zero-order valence-corrected chi connectivity index (χ0v) is 14.7. The molecule has 0 atom stereocenters. The summed E-state index contributed by atoms with van der Waals surface area (Å²) in [4.78, 5) is 13.7. The van der Waals surface area contributed by atoms with Crippen LogP contribution >= 0.6 is 11.6 Å². The van der Waals surface area contributed by atoms with E-state index >= 15 is 0 Å². The van der Waals surface area contributed by atoms with Crippen molar-refractivity contribution in [2.45, 2.75) is 39.7 Å². The van der Waals surface area contributed by atoms with Gasteiger partial charge in [-0.25, -0.2) is 0 Å². The highest BCUT2D eigenvalue weighted by Gasteiger charge is 2.11. The zero-order valence-electron chi connectivity index (χ0n) is 13.9. The second-order valence-electron chi connectivity index (χ2n) is 5.31. The van der Waals surface area contributed by atoms with Gasteiger partial charge in [-0.05, 0) is 25.8 Å². The van der Waals surface area contributed by atoms with Crippen LogP contribution in [0.2, 0.25) is 5.15 Å². The Kier molecular flexibility index (Phi) is 8.20. The first kappa shape index (κ1) is 18.7. The number of halogens is 1. The van der Waals surface area contributed by atoms with Crippen molar-refractivity contribution in [2.75, 3.05) is 27.3 Å². The number of carbonyl (C=O) groups excluding carboxylic acids is 1. The van der Waals surface area contributed by atoms with Crippen LogP contribution in [0.15, 0.2) is 6.08 Å². The van der Waals surface area contributed by atoms with Gasteiger partial charge in [-0.1, -0.05) is 24.9 Å². The van der Waals surface area contributed by atoms with Gasteiger partial charge in [0.05, 0.1) is 5.69 Å². The summed E-state index contributed by atoms with van der Waals surface area (Å²) in [6.45, 7) is 6.15. The van der Waals surface area contributed by atoms with E-state index in [4.69, 9.17) is 16.3 Å². The fraction of sp³-hybridized carbons (Fsp3) is 0.625. The molecule has 0 saturated carbocycles. The summed E-state index contributed by atoms with van der Waals surface area (Å²) in [7, 11) is 3.43. The highest BCUT2D eigenvalue weighted by atomic mass is 35.5. The van der Waals surface area contributed by atoms with Crippen molar-refractivity contribution >= 4 is 23.6 Å². The SMILES string of the molecule is CCCCn1nc(C)c(/C=C/C(=O)N(C)CCCOC)c1Cl. The summed E-state index contributed by atoms with van der Waals surface area (Å²) >= 11 is 6.34. The Balaban J connectivity index is 2.69. The van der Waals surface area contributed by atoms with Gasteiger partial charge in [0, 0.05) is 45.5 Å². The Morgan fingerprint density at radius 3 is 2.82 bits per heavy atom. The highest BCUT2D eigenvalue weighted by Crippen LogP contribution is 2.21. The first-order valence-electron chi connectivity index (χ1n) is 7.66. The Labute approximate surface area is 137 Å². The van der Waals surface area contributed by atoms with Crippen molar-refractivity contribution in [2.24, 2.45) is 0 Å². The number of hydrogen-bond donors (Lipinski definition) is 0. The molecular weight excluding hydrogens is 302 g/mol. The summed E-state index contributed by atoms with van der Waals surface area (Å²) in [6, 6.07) is 0. The maximum Gasteiger partial charge on any atom is 0.246 e. The lowest BCUT2D eigenvalue weighted by Crippen LogP contribution is -2.26. The molecule has 1 amide bonds. The highest BCUT2D eigenvalue weighted by molar-refractivity contribution is 6.31. The van der Waals surface area contributed by atoms with Crippen LogP contribution in [0.3, 0.4) is 0 Å². The van der Waals surface area contributed by atoms with Gasteiger partial charge >= 0.3 is 0 Å². The number of rotatable bonds is 9. The van der Waals surface area contributed by atoms with E-state index in [0.717, 1.165) is 37.1 Å². The summed E-state index contributed by atoms with van der Waals surface area (Å²) in [6.07, 6.45) is 6.24. The van der Waals surface area contributed by atoms with Crippen LogP contribution in [0, 0.1) is 6.92 Å². The van der Waals surface area contributed by atoms with Crippen LogP contribution in [-0.4, -0.2) is 47.9 Å². The summed E-state index contributed by atoms with van der Waals surface area (Å²) in [5.41, 5.74) is 1.66. The normalized spacial score (nSPS) is 11.3. The predicted octanol–water partition coefficient (Wildman–Crippen LogP) is 3.15. The molecule has 0 bridgehead atoms. The molecule has 1 heterocycles. The number of likely N-dealkylation sites (N-methyl/N-ethyl adjacent to an activating group) is 1. The van der Waals surface area contributed by atoms with Gasteiger partial charge in [0.2, 0.25) is 5.91 Å². The zero-order chi connectivity index (χ0) is 16.5. The van der Waals surface area contributed by atoms with Crippen LogP contribution in [-0.2, 0) is 16.1 Å². The topological polar surface area (TPSA) is 47.4 Å². The lowest BCUT2D eigenvalue weighted by Gasteiger charge is -2.14. The third-order valence-corrected chi connectivity index (χ3v) is 3.84. The van der Waals surface area contributed by atoms with E-state index in [-0.39, 0.29) is 5.91 Å². The van der Waals surface area contributed by atoms with E-state index in [1.165, 1.54) is 0 Å². The van der Waals surface area contributed by atoms with Gasteiger partial charge in [0.25, 0.3) is 0 Å². The van der Waals surface area contributed by atoms with Crippen molar-refractivity contribution in [3.8, 4) is 0 Å². The Morgan fingerprint density at radius 2 is 2.18 bits per heavy atom. The van der Waals surface area contributed by atoms with Crippen LogP contribution < -0.4 is 0 Å². The van der Waals surface area contributed by atoms with Crippen molar-refractivity contribution < 1.29 is 9.53 Å². The van der Waals surface area contributed by atoms with E-state index in [1.54, 1.807) is 35.9 Å². The quantitative estimate of drug-likeness (QED) is 0.517.